The molecule has 0 N–H and O–H groups in total. The Hall–Kier alpha value is 0.597. The molecule has 0 aliphatic heterocycles. The molecule has 1 heteroatoms. The summed E-state index contributed by atoms with van der Waals surface area (Å²) >= 11 is 0. The molecule has 2 unspecified atom stereocenters. The molecule has 11 heavy (non-hydrogen) atoms. The largest absolute Gasteiger partial charge is 0.0620 e. The zero-order valence-corrected chi connectivity index (χ0v) is 8.73. The van der Waals surface area contributed by atoms with Crippen LogP contribution in [0.5, 0.6) is 0 Å². The minimum atomic E-state index is 0. The van der Waals surface area contributed by atoms with Gasteiger partial charge in [-0.2, -0.15) is 0 Å². The first kappa shape index (κ1) is 11.6. The van der Waals surface area contributed by atoms with Gasteiger partial charge in [0.1, 0.15) is 0 Å². The van der Waals surface area contributed by atoms with E-state index in [1.807, 2.05) is 0 Å². The van der Waals surface area contributed by atoms with Crippen LogP contribution in [0.4, 0.5) is 0 Å². The van der Waals surface area contributed by atoms with Crippen molar-refractivity contribution in [1.29, 1.82) is 0 Å². The van der Waals surface area contributed by atoms with Crippen molar-refractivity contribution in [3.8, 4) is 0 Å². The Morgan fingerprint density at radius 1 is 0.818 bits per heavy atom. The molecule has 59 valence electrons. The van der Waals surface area contributed by atoms with Crippen LogP contribution >= 0.6 is 0 Å². The van der Waals surface area contributed by atoms with Gasteiger partial charge in [-0.25, -0.2) is 0 Å². The maximum atomic E-state index is 2.36. The van der Waals surface area contributed by atoms with Crippen LogP contribution in [0.3, 0.4) is 0 Å². The minimum Gasteiger partial charge on any atom is -0.0620 e. The summed E-state index contributed by atoms with van der Waals surface area (Å²) < 4.78 is 0. The fraction of sp³-hybridized carbons (Fsp3) is 0.800. The van der Waals surface area contributed by atoms with Crippen molar-refractivity contribution in [2.45, 2.75) is 34.6 Å². The molecule has 0 spiro atoms. The van der Waals surface area contributed by atoms with Gasteiger partial charge in [-0.15, -0.1) is 0 Å². The topological polar surface area (TPSA) is 0 Å². The van der Waals surface area contributed by atoms with Crippen molar-refractivity contribution < 1.29 is 0 Å². The van der Waals surface area contributed by atoms with Gasteiger partial charge in [0.15, 0.2) is 0 Å². The predicted octanol–water partition coefficient (Wildman–Crippen LogP) is 2.72. The molecule has 0 aromatic heterocycles. The van der Waals surface area contributed by atoms with E-state index in [0.29, 0.717) is 0 Å². The van der Waals surface area contributed by atoms with Crippen molar-refractivity contribution in [3.63, 3.8) is 0 Å². The Bertz CT molecular complexity index is 77.2. The van der Waals surface area contributed by atoms with Gasteiger partial charge in [-0.3, -0.25) is 0 Å². The van der Waals surface area contributed by atoms with E-state index < -0.39 is 0 Å². The molecule has 0 amide bonds. The normalized spacial score (nSPS) is 40.6. The quantitative estimate of drug-likeness (QED) is 0.460. The Kier molecular flexibility index (Phi) is 4.23. The molecule has 1 aliphatic rings. The molecule has 2 atom stereocenters. The maximum Gasteiger partial charge on any atom is 0 e. The second-order valence-electron chi connectivity index (χ2n) is 3.80. The molecule has 0 heterocycles. The van der Waals surface area contributed by atoms with E-state index in [1.54, 1.807) is 11.8 Å². The van der Waals surface area contributed by atoms with Crippen LogP contribution in [0, 0.1) is 29.6 Å². The van der Waals surface area contributed by atoms with Crippen molar-refractivity contribution in [3.05, 3.63) is 11.8 Å². The molecule has 0 nitrogen and oxygen atoms in total. The third-order valence-electron chi connectivity index (χ3n) is 3.57. The zero-order chi connectivity index (χ0) is 7.89. The first-order chi connectivity index (χ1) is 4.55. The molecule has 1 rings (SSSR count). The molecule has 1 saturated carbocycles. The molecule has 0 aromatic carbocycles. The Morgan fingerprint density at radius 2 is 1.09 bits per heavy atom. The Morgan fingerprint density at radius 3 is 1.18 bits per heavy atom. The van der Waals surface area contributed by atoms with E-state index in [0.717, 1.165) is 17.8 Å². The smallest absolute Gasteiger partial charge is 0 e. The van der Waals surface area contributed by atoms with Gasteiger partial charge < -0.3 is 0 Å². The fourth-order valence-electron chi connectivity index (χ4n) is 1.94. The Balaban J connectivity index is 0.000001000. The zero-order valence-electron chi connectivity index (χ0n) is 8.73. The van der Waals surface area contributed by atoms with Gasteiger partial charge in [0.25, 0.3) is 0 Å². The van der Waals surface area contributed by atoms with E-state index in [2.05, 4.69) is 34.6 Å². The molecular formula is C10H18Li. The van der Waals surface area contributed by atoms with E-state index in [-0.39, 0.29) is 18.9 Å². The van der Waals surface area contributed by atoms with E-state index >= 15 is 0 Å². The maximum absolute atomic E-state index is 2.36. The summed E-state index contributed by atoms with van der Waals surface area (Å²) in [4.78, 5) is 0. The van der Waals surface area contributed by atoms with Crippen LogP contribution in [0.15, 0.2) is 0 Å². The van der Waals surface area contributed by atoms with E-state index in [9.17, 15) is 0 Å². The number of hydrogen-bond acceptors (Lipinski definition) is 0. The third kappa shape index (κ3) is 1.85. The first-order valence-corrected chi connectivity index (χ1v) is 4.23. The molecular weight excluding hydrogens is 127 g/mol. The van der Waals surface area contributed by atoms with Gasteiger partial charge in [-0.05, 0) is 29.6 Å². The van der Waals surface area contributed by atoms with Gasteiger partial charge in [0.05, 0.1) is 0 Å². The summed E-state index contributed by atoms with van der Waals surface area (Å²) in [6.07, 6.45) is 0. The Labute approximate surface area is 83.3 Å². The number of rotatable bonds is 0. The molecule has 0 bridgehead atoms. The second-order valence-corrected chi connectivity index (χ2v) is 3.80. The summed E-state index contributed by atoms with van der Waals surface area (Å²) in [6, 6.07) is 0. The van der Waals surface area contributed by atoms with Crippen molar-refractivity contribution in [1.82, 2.24) is 0 Å². The summed E-state index contributed by atoms with van der Waals surface area (Å²) in [7, 11) is 0. The van der Waals surface area contributed by atoms with Crippen LogP contribution in [-0.4, -0.2) is 18.9 Å². The molecule has 0 saturated heterocycles. The van der Waals surface area contributed by atoms with E-state index in [4.69, 9.17) is 0 Å². The third-order valence-corrected chi connectivity index (χ3v) is 3.57. The molecule has 3 radical (unpaired) electrons. The molecule has 1 fully saturated rings. The van der Waals surface area contributed by atoms with Crippen LogP contribution in [0.1, 0.15) is 34.6 Å². The van der Waals surface area contributed by atoms with Gasteiger partial charge in [0.2, 0.25) is 0 Å². The second kappa shape index (κ2) is 4.01. The van der Waals surface area contributed by atoms with Gasteiger partial charge in [-0.1, -0.05) is 34.6 Å². The van der Waals surface area contributed by atoms with Crippen LogP contribution in [-0.2, 0) is 0 Å². The fourth-order valence-corrected chi connectivity index (χ4v) is 1.94. The van der Waals surface area contributed by atoms with Crippen LogP contribution < -0.4 is 0 Å². The van der Waals surface area contributed by atoms with Crippen LogP contribution in [0.25, 0.3) is 0 Å². The monoisotopic (exact) mass is 145 g/mol. The first-order valence-electron chi connectivity index (χ1n) is 4.23. The summed E-state index contributed by atoms with van der Waals surface area (Å²) in [5.41, 5.74) is 0. The summed E-state index contributed by atoms with van der Waals surface area (Å²) in [5.74, 6) is 5.74. The molecule has 0 aromatic rings. The van der Waals surface area contributed by atoms with Crippen molar-refractivity contribution in [2.75, 3.05) is 0 Å². The predicted molar refractivity (Wildman–Crippen MR) is 51.1 cm³/mol. The van der Waals surface area contributed by atoms with Crippen LogP contribution in [0.2, 0.25) is 0 Å². The molecule has 1 aliphatic carbocycles. The average molecular weight is 145 g/mol. The number of hydrogen-bond donors (Lipinski definition) is 0. The standard InChI is InChI=1S/C10H18.Li/c1-6-7(2)9(4)10(5)8(6)3;/h6-8H,1-5H3;. The minimum absolute atomic E-state index is 0. The van der Waals surface area contributed by atoms with E-state index in [1.165, 1.54) is 0 Å². The van der Waals surface area contributed by atoms with Gasteiger partial charge in [0, 0.05) is 18.9 Å². The van der Waals surface area contributed by atoms with Crippen molar-refractivity contribution >= 4 is 18.9 Å². The van der Waals surface area contributed by atoms with Gasteiger partial charge >= 0.3 is 0 Å². The average Bonchev–Trinajstić information content (AvgIpc) is 2.07. The summed E-state index contributed by atoms with van der Waals surface area (Å²) in [6.45, 7) is 11.6. The SMILES string of the molecule is C[C]1[C](C)C(C)C(C)C1C.[Li]. The summed E-state index contributed by atoms with van der Waals surface area (Å²) in [5, 5.41) is 0. The van der Waals surface area contributed by atoms with Crippen molar-refractivity contribution in [2.24, 2.45) is 17.8 Å².